The molecule has 0 bridgehead atoms. The fraction of sp³-hybridized carbons (Fsp3) is 0.174. The Labute approximate surface area is 175 Å². The molecule has 154 valence electrons. The van der Waals surface area contributed by atoms with Gasteiger partial charge in [0.05, 0.1) is 24.6 Å². The van der Waals surface area contributed by atoms with E-state index in [4.69, 9.17) is 16.4 Å². The quantitative estimate of drug-likeness (QED) is 0.261. The van der Waals surface area contributed by atoms with Gasteiger partial charge in [0.2, 0.25) is 0 Å². The van der Waals surface area contributed by atoms with Crippen LogP contribution in [0, 0.1) is 0 Å². The van der Waals surface area contributed by atoms with E-state index in [1.54, 1.807) is 19.4 Å². The molecule has 30 heavy (non-hydrogen) atoms. The standard InChI is InChI=1S/C23H25N5O2/c1-2-30-23(29)22-16-28(14-20-5-3-4-19(10-20)13-27-25)15-21(22)11-17-6-8-18(9-7-17)12-26-24/h3-10,12-13,15-16H,2,11,14,24-25H2,1H3. The first-order chi connectivity index (χ1) is 14.6. The van der Waals surface area contributed by atoms with Crippen LogP contribution in [-0.4, -0.2) is 29.6 Å². The predicted octanol–water partition coefficient (Wildman–Crippen LogP) is 2.89. The Balaban J connectivity index is 1.87. The lowest BCUT2D eigenvalue weighted by Crippen LogP contribution is -2.06. The molecule has 4 N–H and O–H groups in total. The van der Waals surface area contributed by atoms with Crippen LogP contribution in [0.1, 0.15) is 45.1 Å². The summed E-state index contributed by atoms with van der Waals surface area (Å²) in [6.45, 7) is 2.75. The van der Waals surface area contributed by atoms with E-state index in [1.807, 2.05) is 65.5 Å². The molecule has 0 saturated carbocycles. The number of aromatic nitrogens is 1. The van der Waals surface area contributed by atoms with Crippen LogP contribution in [0.3, 0.4) is 0 Å². The van der Waals surface area contributed by atoms with Gasteiger partial charge in [-0.2, -0.15) is 10.2 Å². The summed E-state index contributed by atoms with van der Waals surface area (Å²) >= 11 is 0. The second-order valence-electron chi connectivity index (χ2n) is 6.81. The van der Waals surface area contributed by atoms with Gasteiger partial charge in [-0.3, -0.25) is 0 Å². The van der Waals surface area contributed by atoms with Crippen LogP contribution in [0.5, 0.6) is 0 Å². The molecule has 1 aromatic heterocycles. The van der Waals surface area contributed by atoms with E-state index >= 15 is 0 Å². The number of nitrogens with zero attached hydrogens (tertiary/aromatic N) is 3. The van der Waals surface area contributed by atoms with Gasteiger partial charge in [0.15, 0.2) is 0 Å². The topological polar surface area (TPSA) is 108 Å². The molecule has 3 aromatic rings. The highest BCUT2D eigenvalue weighted by Gasteiger charge is 2.16. The number of hydrazone groups is 2. The van der Waals surface area contributed by atoms with Crippen molar-refractivity contribution >= 4 is 18.4 Å². The maximum atomic E-state index is 12.5. The third kappa shape index (κ3) is 5.35. The van der Waals surface area contributed by atoms with Crippen molar-refractivity contribution < 1.29 is 9.53 Å². The van der Waals surface area contributed by atoms with Crippen molar-refractivity contribution in [2.45, 2.75) is 19.9 Å². The Morgan fingerprint density at radius 2 is 1.73 bits per heavy atom. The maximum absolute atomic E-state index is 12.5. The van der Waals surface area contributed by atoms with Gasteiger partial charge in [-0.05, 0) is 47.2 Å². The summed E-state index contributed by atoms with van der Waals surface area (Å²) < 4.78 is 7.25. The van der Waals surface area contributed by atoms with Crippen LogP contribution in [-0.2, 0) is 17.7 Å². The van der Waals surface area contributed by atoms with Crippen LogP contribution in [0.25, 0.3) is 0 Å². The normalized spacial score (nSPS) is 11.4. The van der Waals surface area contributed by atoms with Crippen LogP contribution >= 0.6 is 0 Å². The van der Waals surface area contributed by atoms with E-state index in [-0.39, 0.29) is 5.97 Å². The smallest absolute Gasteiger partial charge is 0.339 e. The minimum absolute atomic E-state index is 0.317. The number of hydrogen-bond acceptors (Lipinski definition) is 6. The monoisotopic (exact) mass is 403 g/mol. The van der Waals surface area contributed by atoms with Crippen LogP contribution in [0.15, 0.2) is 71.1 Å². The highest BCUT2D eigenvalue weighted by atomic mass is 16.5. The molecule has 0 aliphatic heterocycles. The summed E-state index contributed by atoms with van der Waals surface area (Å²) in [6, 6.07) is 15.8. The number of hydrogen-bond donors (Lipinski definition) is 2. The molecule has 7 nitrogen and oxygen atoms in total. The van der Waals surface area contributed by atoms with Gasteiger partial charge in [-0.1, -0.05) is 42.5 Å². The molecule has 7 heteroatoms. The zero-order valence-corrected chi connectivity index (χ0v) is 16.9. The lowest BCUT2D eigenvalue weighted by atomic mass is 10.0. The zero-order chi connectivity index (χ0) is 21.3. The molecular weight excluding hydrogens is 378 g/mol. The number of esters is 1. The molecule has 1 heterocycles. The summed E-state index contributed by atoms with van der Waals surface area (Å²) in [5, 5.41) is 7.11. The molecule has 0 saturated heterocycles. The van der Waals surface area contributed by atoms with Crippen LogP contribution in [0.2, 0.25) is 0 Å². The Morgan fingerprint density at radius 3 is 2.43 bits per heavy atom. The first kappa shape index (κ1) is 20.9. The lowest BCUT2D eigenvalue weighted by Gasteiger charge is -2.04. The molecule has 2 aromatic carbocycles. The largest absolute Gasteiger partial charge is 0.462 e. The molecule has 0 aliphatic carbocycles. The zero-order valence-electron chi connectivity index (χ0n) is 16.9. The van der Waals surface area contributed by atoms with E-state index in [0.717, 1.165) is 27.8 Å². The van der Waals surface area contributed by atoms with Crippen molar-refractivity contribution in [1.29, 1.82) is 0 Å². The molecule has 0 radical (unpaired) electrons. The van der Waals surface area contributed by atoms with Gasteiger partial charge in [-0.25, -0.2) is 4.79 Å². The minimum atomic E-state index is -0.317. The number of rotatable bonds is 8. The number of carbonyl (C=O) groups excluding carboxylic acids is 1. The third-order valence-electron chi connectivity index (χ3n) is 4.60. The van der Waals surface area contributed by atoms with Gasteiger partial charge < -0.3 is 21.0 Å². The number of ether oxygens (including phenoxy) is 1. The number of nitrogens with two attached hydrogens (primary N) is 2. The molecule has 0 fully saturated rings. The molecule has 0 aliphatic rings. The summed E-state index contributed by atoms with van der Waals surface area (Å²) in [5.41, 5.74) is 5.49. The van der Waals surface area contributed by atoms with E-state index in [2.05, 4.69) is 10.2 Å². The van der Waals surface area contributed by atoms with Crippen molar-refractivity contribution in [2.75, 3.05) is 6.61 Å². The minimum Gasteiger partial charge on any atom is -0.462 e. The maximum Gasteiger partial charge on any atom is 0.339 e. The highest BCUT2D eigenvalue weighted by molar-refractivity contribution is 5.91. The predicted molar refractivity (Wildman–Crippen MR) is 119 cm³/mol. The summed E-state index contributed by atoms with van der Waals surface area (Å²) in [7, 11) is 0. The van der Waals surface area contributed by atoms with Gasteiger partial charge in [-0.15, -0.1) is 0 Å². The Kier molecular flexibility index (Phi) is 7.00. The van der Waals surface area contributed by atoms with E-state index in [9.17, 15) is 4.79 Å². The fourth-order valence-electron chi connectivity index (χ4n) is 3.28. The Morgan fingerprint density at radius 1 is 1.00 bits per heavy atom. The SMILES string of the molecule is CCOC(=O)c1cn(Cc2cccc(C=NN)c2)cc1Cc1ccc(C=NN)cc1. The van der Waals surface area contributed by atoms with Gasteiger partial charge in [0.25, 0.3) is 0 Å². The molecule has 0 spiro atoms. The molecular formula is C23H25N5O2. The van der Waals surface area contributed by atoms with E-state index < -0.39 is 0 Å². The van der Waals surface area contributed by atoms with Crippen molar-refractivity contribution in [3.05, 3.63) is 94.3 Å². The van der Waals surface area contributed by atoms with Gasteiger partial charge >= 0.3 is 5.97 Å². The average Bonchev–Trinajstić information content (AvgIpc) is 3.12. The van der Waals surface area contributed by atoms with Crippen molar-refractivity contribution in [3.63, 3.8) is 0 Å². The van der Waals surface area contributed by atoms with Crippen molar-refractivity contribution in [2.24, 2.45) is 21.9 Å². The highest BCUT2D eigenvalue weighted by Crippen LogP contribution is 2.19. The van der Waals surface area contributed by atoms with Gasteiger partial charge in [0, 0.05) is 18.9 Å². The fourth-order valence-corrected chi connectivity index (χ4v) is 3.28. The van der Waals surface area contributed by atoms with Crippen LogP contribution < -0.4 is 11.7 Å². The Hall–Kier alpha value is -3.87. The Bertz CT molecular complexity index is 1050. The summed E-state index contributed by atoms with van der Waals surface area (Å²) in [4.78, 5) is 12.5. The second-order valence-corrected chi connectivity index (χ2v) is 6.81. The molecule has 0 amide bonds. The van der Waals surface area contributed by atoms with E-state index in [0.29, 0.717) is 25.1 Å². The first-order valence-electron chi connectivity index (χ1n) is 9.63. The molecule has 0 unspecified atom stereocenters. The van der Waals surface area contributed by atoms with Gasteiger partial charge in [0.1, 0.15) is 0 Å². The molecule has 3 rings (SSSR count). The van der Waals surface area contributed by atoms with Crippen molar-refractivity contribution in [1.82, 2.24) is 4.57 Å². The summed E-state index contributed by atoms with van der Waals surface area (Å²) in [6.07, 6.45) is 7.64. The number of carbonyl (C=O) groups is 1. The number of benzene rings is 2. The molecule has 0 atom stereocenters. The van der Waals surface area contributed by atoms with Crippen molar-refractivity contribution in [3.8, 4) is 0 Å². The van der Waals surface area contributed by atoms with E-state index in [1.165, 1.54) is 0 Å². The second kappa shape index (κ2) is 10.1. The lowest BCUT2D eigenvalue weighted by molar-refractivity contribution is 0.0525. The summed E-state index contributed by atoms with van der Waals surface area (Å²) in [5.74, 6) is 10.1. The van der Waals surface area contributed by atoms with Crippen LogP contribution in [0.4, 0.5) is 0 Å². The average molecular weight is 403 g/mol. The first-order valence-corrected chi connectivity index (χ1v) is 9.63. The third-order valence-corrected chi connectivity index (χ3v) is 4.60.